The third-order valence-corrected chi connectivity index (χ3v) is 3.97. The van der Waals surface area contributed by atoms with Crippen molar-refractivity contribution < 1.29 is 0 Å². The fourth-order valence-corrected chi connectivity index (χ4v) is 2.80. The maximum Gasteiger partial charge on any atom is 0.0739 e. The Labute approximate surface area is 99.6 Å². The highest BCUT2D eigenvalue weighted by Gasteiger charge is 2.34. The Morgan fingerprint density at radius 1 is 1.40 bits per heavy atom. The Bertz CT molecular complexity index is 373. The van der Waals surface area contributed by atoms with Crippen molar-refractivity contribution in [2.24, 2.45) is 12.5 Å². The molecule has 0 amide bonds. The van der Waals surface area contributed by atoms with Gasteiger partial charge in [0.15, 0.2) is 0 Å². The van der Waals surface area contributed by atoms with E-state index in [1.807, 2.05) is 18.7 Å². The van der Waals surface area contributed by atoms with Gasteiger partial charge in [-0.25, -0.2) is 0 Å². The summed E-state index contributed by atoms with van der Waals surface area (Å²) >= 11 is 3.60. The lowest BCUT2D eigenvalue weighted by atomic mass is 9.84. The molecule has 1 aliphatic heterocycles. The van der Waals surface area contributed by atoms with Crippen LogP contribution in [0.1, 0.15) is 25.2 Å². The number of likely N-dealkylation sites (tertiary alicyclic amines) is 1. The molecule has 0 atom stereocenters. The number of rotatable bonds is 2. The molecule has 0 N–H and O–H groups in total. The first-order valence-corrected chi connectivity index (χ1v) is 6.09. The van der Waals surface area contributed by atoms with E-state index in [1.165, 1.54) is 18.8 Å². The second kappa shape index (κ2) is 3.59. The highest BCUT2D eigenvalue weighted by Crippen LogP contribution is 2.31. The van der Waals surface area contributed by atoms with Crippen LogP contribution in [-0.4, -0.2) is 27.8 Å². The third kappa shape index (κ3) is 2.11. The molecule has 0 bridgehead atoms. The molecule has 84 valence electrons. The number of nitrogens with zero attached hydrogens (tertiary/aromatic N) is 3. The van der Waals surface area contributed by atoms with E-state index in [1.54, 1.807) is 0 Å². The summed E-state index contributed by atoms with van der Waals surface area (Å²) in [5.74, 6) is 0. The number of aromatic nitrogens is 2. The van der Waals surface area contributed by atoms with Gasteiger partial charge in [-0.1, -0.05) is 13.8 Å². The van der Waals surface area contributed by atoms with E-state index >= 15 is 0 Å². The number of hydrogen-bond acceptors (Lipinski definition) is 2. The normalized spacial score (nSPS) is 20.3. The van der Waals surface area contributed by atoms with Gasteiger partial charge >= 0.3 is 0 Å². The summed E-state index contributed by atoms with van der Waals surface area (Å²) in [6, 6.07) is 0. The van der Waals surface area contributed by atoms with Crippen LogP contribution in [0.3, 0.4) is 0 Å². The van der Waals surface area contributed by atoms with Crippen molar-refractivity contribution in [3.63, 3.8) is 0 Å². The van der Waals surface area contributed by atoms with Gasteiger partial charge in [0, 0.05) is 26.7 Å². The molecule has 0 unspecified atom stereocenters. The lowest BCUT2D eigenvalue weighted by molar-refractivity contribution is 0.0222. The zero-order chi connectivity index (χ0) is 11.2. The maximum absolute atomic E-state index is 4.40. The highest BCUT2D eigenvalue weighted by molar-refractivity contribution is 9.10. The molecule has 1 fully saturated rings. The van der Waals surface area contributed by atoms with E-state index in [-0.39, 0.29) is 0 Å². The minimum absolute atomic E-state index is 0.500. The predicted molar refractivity (Wildman–Crippen MR) is 64.7 cm³/mol. The van der Waals surface area contributed by atoms with Crippen molar-refractivity contribution in [1.82, 2.24) is 14.7 Å². The van der Waals surface area contributed by atoms with Crippen LogP contribution in [0.15, 0.2) is 4.47 Å². The average molecular weight is 272 g/mol. The lowest BCUT2D eigenvalue weighted by Gasteiger charge is -2.45. The second-order valence-corrected chi connectivity index (χ2v) is 6.07. The number of aryl methyl sites for hydroxylation is 2. The van der Waals surface area contributed by atoms with Crippen LogP contribution < -0.4 is 0 Å². The molecule has 1 aliphatic rings. The van der Waals surface area contributed by atoms with Crippen LogP contribution in [0.25, 0.3) is 0 Å². The Morgan fingerprint density at radius 2 is 2.00 bits per heavy atom. The molecule has 3 nitrogen and oxygen atoms in total. The molecule has 2 rings (SSSR count). The van der Waals surface area contributed by atoms with E-state index in [2.05, 4.69) is 39.8 Å². The molecule has 0 spiro atoms. The summed E-state index contributed by atoms with van der Waals surface area (Å²) in [5.41, 5.74) is 2.86. The summed E-state index contributed by atoms with van der Waals surface area (Å²) < 4.78 is 3.14. The largest absolute Gasteiger partial charge is 0.296 e. The Hall–Kier alpha value is -0.350. The van der Waals surface area contributed by atoms with Crippen LogP contribution in [0.2, 0.25) is 0 Å². The Morgan fingerprint density at radius 3 is 2.40 bits per heavy atom. The fraction of sp³-hybridized carbons (Fsp3) is 0.727. The van der Waals surface area contributed by atoms with Gasteiger partial charge in [0.1, 0.15) is 0 Å². The number of hydrogen-bond donors (Lipinski definition) is 0. The number of halogens is 1. The third-order valence-electron chi connectivity index (χ3n) is 2.94. The summed E-state index contributed by atoms with van der Waals surface area (Å²) in [4.78, 5) is 2.46. The molecule has 1 aromatic heterocycles. The van der Waals surface area contributed by atoms with Crippen LogP contribution >= 0.6 is 15.9 Å². The minimum atomic E-state index is 0.500. The van der Waals surface area contributed by atoms with Crippen LogP contribution in [0.4, 0.5) is 0 Å². The first-order chi connectivity index (χ1) is 6.89. The summed E-state index contributed by atoms with van der Waals surface area (Å²) in [6.07, 6.45) is 0. The van der Waals surface area contributed by atoms with Crippen molar-refractivity contribution in [3.8, 4) is 0 Å². The Kier molecular flexibility index (Phi) is 2.67. The van der Waals surface area contributed by atoms with Crippen molar-refractivity contribution in [2.75, 3.05) is 13.1 Å². The Balaban J connectivity index is 2.06. The van der Waals surface area contributed by atoms with E-state index in [0.717, 1.165) is 16.7 Å². The van der Waals surface area contributed by atoms with Crippen molar-refractivity contribution >= 4 is 15.9 Å². The molecule has 0 radical (unpaired) electrons. The van der Waals surface area contributed by atoms with Crippen LogP contribution in [0, 0.1) is 12.3 Å². The fourth-order valence-electron chi connectivity index (χ4n) is 2.34. The van der Waals surface area contributed by atoms with Gasteiger partial charge in [-0.2, -0.15) is 5.10 Å². The smallest absolute Gasteiger partial charge is 0.0739 e. The van der Waals surface area contributed by atoms with Crippen LogP contribution in [0.5, 0.6) is 0 Å². The first-order valence-electron chi connectivity index (χ1n) is 5.29. The molecule has 15 heavy (non-hydrogen) atoms. The average Bonchev–Trinajstić information content (AvgIpc) is 2.29. The van der Waals surface area contributed by atoms with E-state index in [0.29, 0.717) is 5.41 Å². The molecule has 1 saturated heterocycles. The molecule has 2 heterocycles. The lowest BCUT2D eigenvalue weighted by Crippen LogP contribution is -2.52. The summed E-state index contributed by atoms with van der Waals surface area (Å²) in [7, 11) is 2.01. The van der Waals surface area contributed by atoms with Crippen LogP contribution in [-0.2, 0) is 13.6 Å². The monoisotopic (exact) mass is 271 g/mol. The molecule has 0 aliphatic carbocycles. The van der Waals surface area contributed by atoms with Gasteiger partial charge in [-0.3, -0.25) is 9.58 Å². The van der Waals surface area contributed by atoms with Gasteiger partial charge in [0.25, 0.3) is 0 Å². The van der Waals surface area contributed by atoms with E-state index < -0.39 is 0 Å². The molecular formula is C11H18BrN3. The molecule has 0 aromatic carbocycles. The minimum Gasteiger partial charge on any atom is -0.296 e. The SMILES string of the molecule is Cc1nn(C)c(CN2CC(C)(C)C2)c1Br. The predicted octanol–water partition coefficient (Wildman–Crippen LogP) is 2.33. The zero-order valence-corrected chi connectivity index (χ0v) is 11.4. The van der Waals surface area contributed by atoms with Crippen molar-refractivity contribution in [3.05, 3.63) is 15.9 Å². The standard InChI is InChI=1S/C11H18BrN3/c1-8-10(12)9(14(4)13-8)5-15-6-11(2,3)7-15/h5-7H2,1-4H3. The molecular weight excluding hydrogens is 254 g/mol. The summed E-state index contributed by atoms with van der Waals surface area (Å²) in [5, 5.41) is 4.40. The first kappa shape index (κ1) is 11.1. The topological polar surface area (TPSA) is 21.1 Å². The second-order valence-electron chi connectivity index (χ2n) is 5.28. The summed E-state index contributed by atoms with van der Waals surface area (Å²) in [6.45, 7) is 10.0. The molecule has 1 aromatic rings. The van der Waals surface area contributed by atoms with Gasteiger partial charge < -0.3 is 0 Å². The van der Waals surface area contributed by atoms with E-state index in [4.69, 9.17) is 0 Å². The van der Waals surface area contributed by atoms with Gasteiger partial charge in [0.05, 0.1) is 15.9 Å². The van der Waals surface area contributed by atoms with Gasteiger partial charge in [-0.05, 0) is 28.3 Å². The molecule has 0 saturated carbocycles. The zero-order valence-electron chi connectivity index (χ0n) is 9.84. The van der Waals surface area contributed by atoms with Gasteiger partial charge in [-0.15, -0.1) is 0 Å². The van der Waals surface area contributed by atoms with Crippen molar-refractivity contribution in [1.29, 1.82) is 0 Å². The van der Waals surface area contributed by atoms with E-state index in [9.17, 15) is 0 Å². The quantitative estimate of drug-likeness (QED) is 0.824. The molecule has 4 heteroatoms. The van der Waals surface area contributed by atoms with Crippen molar-refractivity contribution in [2.45, 2.75) is 27.3 Å². The highest BCUT2D eigenvalue weighted by atomic mass is 79.9. The maximum atomic E-state index is 4.40. The van der Waals surface area contributed by atoms with Gasteiger partial charge in [0.2, 0.25) is 0 Å².